The van der Waals surface area contributed by atoms with Gasteiger partial charge in [-0.3, -0.25) is 4.79 Å². The maximum absolute atomic E-state index is 12.1. The molecule has 1 unspecified atom stereocenters. The van der Waals surface area contributed by atoms with Crippen molar-refractivity contribution < 1.29 is 13.9 Å². The second-order valence-corrected chi connectivity index (χ2v) is 5.01. The molecule has 1 aliphatic carbocycles. The van der Waals surface area contributed by atoms with Crippen LogP contribution in [0.25, 0.3) is 0 Å². The van der Waals surface area contributed by atoms with Gasteiger partial charge in [0.25, 0.3) is 5.91 Å². The van der Waals surface area contributed by atoms with Gasteiger partial charge >= 0.3 is 0 Å². The van der Waals surface area contributed by atoms with Crippen molar-refractivity contribution in [2.75, 3.05) is 7.11 Å². The predicted molar refractivity (Wildman–Crippen MR) is 76.1 cm³/mol. The van der Waals surface area contributed by atoms with Crippen LogP contribution in [0.4, 0.5) is 0 Å². The maximum Gasteiger partial charge on any atom is 0.273 e. The highest BCUT2D eigenvalue weighted by Crippen LogP contribution is 2.30. The first-order chi connectivity index (χ1) is 10.2. The summed E-state index contributed by atoms with van der Waals surface area (Å²) < 4.78 is 10.4. The highest BCUT2D eigenvalue weighted by atomic mass is 16.5. The molecular formula is C15H17N3O3. The normalized spacial score (nSPS) is 16.6. The van der Waals surface area contributed by atoms with Gasteiger partial charge in [0.1, 0.15) is 12.0 Å². The van der Waals surface area contributed by atoms with Crippen LogP contribution >= 0.6 is 0 Å². The number of nitrogens with one attached hydrogen (secondary N) is 1. The Morgan fingerprint density at radius 2 is 2.38 bits per heavy atom. The van der Waals surface area contributed by atoms with Gasteiger partial charge in [0.15, 0.2) is 5.69 Å². The molecule has 0 spiro atoms. The number of rotatable bonds is 4. The van der Waals surface area contributed by atoms with Crippen LogP contribution in [0.15, 0.2) is 28.9 Å². The molecule has 1 aliphatic rings. The lowest BCUT2D eigenvalue weighted by Crippen LogP contribution is -2.35. The Hall–Kier alpha value is -2.34. The van der Waals surface area contributed by atoms with Crippen molar-refractivity contribution in [3.8, 4) is 5.75 Å². The Balaban J connectivity index is 1.69. The number of nitrogens with two attached hydrogens (primary N) is 1. The number of amides is 1. The smallest absolute Gasteiger partial charge is 0.273 e. The summed E-state index contributed by atoms with van der Waals surface area (Å²) in [5, 5.41) is 2.97. The van der Waals surface area contributed by atoms with Gasteiger partial charge < -0.3 is 20.2 Å². The molecule has 0 fully saturated rings. The number of oxazole rings is 1. The van der Waals surface area contributed by atoms with E-state index in [4.69, 9.17) is 14.9 Å². The average Bonchev–Trinajstić information content (AvgIpc) is 3.12. The van der Waals surface area contributed by atoms with Gasteiger partial charge in [0, 0.05) is 6.04 Å². The predicted octanol–water partition coefficient (Wildman–Crippen LogP) is 1.04. The number of nitrogens with zero attached hydrogens (tertiary/aromatic N) is 1. The molecule has 3 rings (SSSR count). The minimum absolute atomic E-state index is 0.0434. The molecule has 2 aromatic rings. The first kappa shape index (κ1) is 13.6. The van der Waals surface area contributed by atoms with Crippen molar-refractivity contribution >= 4 is 5.91 Å². The second kappa shape index (κ2) is 5.57. The molecule has 1 heterocycles. The van der Waals surface area contributed by atoms with E-state index in [-0.39, 0.29) is 24.2 Å². The van der Waals surface area contributed by atoms with Crippen LogP contribution in [0.2, 0.25) is 0 Å². The van der Waals surface area contributed by atoms with Crippen molar-refractivity contribution in [3.63, 3.8) is 0 Å². The molecule has 0 aliphatic heterocycles. The molecule has 1 aromatic heterocycles. The zero-order valence-corrected chi connectivity index (χ0v) is 11.8. The van der Waals surface area contributed by atoms with Gasteiger partial charge in [-0.15, -0.1) is 0 Å². The summed E-state index contributed by atoms with van der Waals surface area (Å²) in [4.78, 5) is 16.2. The van der Waals surface area contributed by atoms with E-state index in [9.17, 15) is 4.79 Å². The summed E-state index contributed by atoms with van der Waals surface area (Å²) in [5.74, 6) is 0.989. The summed E-state index contributed by atoms with van der Waals surface area (Å²) >= 11 is 0. The zero-order valence-electron chi connectivity index (χ0n) is 11.8. The molecule has 0 saturated heterocycles. The van der Waals surface area contributed by atoms with Crippen LogP contribution in [0.5, 0.6) is 5.75 Å². The molecule has 0 saturated carbocycles. The Morgan fingerprint density at radius 3 is 3.10 bits per heavy atom. The number of aromatic nitrogens is 1. The van der Waals surface area contributed by atoms with E-state index in [0.717, 1.165) is 24.2 Å². The maximum atomic E-state index is 12.1. The van der Waals surface area contributed by atoms with Gasteiger partial charge in [-0.1, -0.05) is 12.1 Å². The Labute approximate surface area is 122 Å². The summed E-state index contributed by atoms with van der Waals surface area (Å²) in [6.45, 7) is 0.180. The fraction of sp³-hybridized carbons (Fsp3) is 0.333. The van der Waals surface area contributed by atoms with Crippen molar-refractivity contribution in [3.05, 3.63) is 47.2 Å². The van der Waals surface area contributed by atoms with E-state index in [1.807, 2.05) is 12.1 Å². The molecule has 3 N–H and O–H groups in total. The van der Waals surface area contributed by atoms with Gasteiger partial charge in [-0.2, -0.15) is 0 Å². The molecule has 6 nitrogen and oxygen atoms in total. The Kier molecular flexibility index (Phi) is 3.62. The van der Waals surface area contributed by atoms with E-state index >= 15 is 0 Å². The van der Waals surface area contributed by atoms with Gasteiger partial charge in [0.2, 0.25) is 5.89 Å². The third kappa shape index (κ3) is 2.62. The SMILES string of the molecule is COc1cccc2c1CC(NC(=O)c1coc(CN)n1)C2. The summed E-state index contributed by atoms with van der Waals surface area (Å²) in [6, 6.07) is 6.01. The number of hydrogen-bond donors (Lipinski definition) is 2. The van der Waals surface area contributed by atoms with Crippen LogP contribution in [0, 0.1) is 0 Å². The number of hydrogen-bond acceptors (Lipinski definition) is 5. The van der Waals surface area contributed by atoms with E-state index in [0.29, 0.717) is 5.89 Å². The van der Waals surface area contributed by atoms with Crippen molar-refractivity contribution in [1.82, 2.24) is 10.3 Å². The van der Waals surface area contributed by atoms with E-state index in [1.165, 1.54) is 11.8 Å². The van der Waals surface area contributed by atoms with Crippen LogP contribution < -0.4 is 15.8 Å². The van der Waals surface area contributed by atoms with E-state index in [2.05, 4.69) is 16.4 Å². The quantitative estimate of drug-likeness (QED) is 0.877. The standard InChI is InChI=1S/C15H17N3O3/c1-20-13-4-2-3-9-5-10(6-11(9)13)17-15(19)12-8-21-14(7-16)18-12/h2-4,8,10H,5-7,16H2,1H3,(H,17,19). The fourth-order valence-electron chi connectivity index (χ4n) is 2.68. The van der Waals surface area contributed by atoms with Gasteiger partial charge in [-0.25, -0.2) is 4.98 Å². The minimum atomic E-state index is -0.241. The molecule has 1 atom stereocenters. The van der Waals surface area contributed by atoms with Crippen LogP contribution in [0.1, 0.15) is 27.5 Å². The van der Waals surface area contributed by atoms with Crippen LogP contribution in [-0.2, 0) is 19.4 Å². The molecular weight excluding hydrogens is 270 g/mol. The molecule has 0 bridgehead atoms. The number of benzene rings is 1. The Morgan fingerprint density at radius 1 is 1.52 bits per heavy atom. The number of fused-ring (bicyclic) bond motifs is 1. The highest BCUT2D eigenvalue weighted by Gasteiger charge is 2.26. The number of methoxy groups -OCH3 is 1. The number of carbonyl (C=O) groups excluding carboxylic acids is 1. The molecule has 110 valence electrons. The average molecular weight is 287 g/mol. The first-order valence-corrected chi connectivity index (χ1v) is 6.81. The Bertz CT molecular complexity index is 666. The minimum Gasteiger partial charge on any atom is -0.496 e. The van der Waals surface area contributed by atoms with Gasteiger partial charge in [-0.05, 0) is 30.0 Å². The summed E-state index contributed by atoms with van der Waals surface area (Å²) in [6.07, 6.45) is 2.88. The zero-order chi connectivity index (χ0) is 14.8. The molecule has 6 heteroatoms. The molecule has 1 amide bonds. The van der Waals surface area contributed by atoms with Crippen molar-refractivity contribution in [2.24, 2.45) is 5.73 Å². The third-order valence-electron chi connectivity index (χ3n) is 3.66. The van der Waals surface area contributed by atoms with E-state index in [1.54, 1.807) is 7.11 Å². The molecule has 0 radical (unpaired) electrons. The van der Waals surface area contributed by atoms with Crippen molar-refractivity contribution in [1.29, 1.82) is 0 Å². The largest absolute Gasteiger partial charge is 0.496 e. The van der Waals surface area contributed by atoms with Crippen LogP contribution in [-0.4, -0.2) is 24.0 Å². The van der Waals surface area contributed by atoms with E-state index < -0.39 is 0 Å². The van der Waals surface area contributed by atoms with Gasteiger partial charge in [0.05, 0.1) is 13.7 Å². The lowest BCUT2D eigenvalue weighted by Gasteiger charge is -2.10. The number of ether oxygens (including phenoxy) is 1. The topological polar surface area (TPSA) is 90.4 Å². The summed E-state index contributed by atoms with van der Waals surface area (Å²) in [7, 11) is 1.66. The lowest BCUT2D eigenvalue weighted by molar-refractivity contribution is 0.0933. The fourth-order valence-corrected chi connectivity index (χ4v) is 2.68. The molecule has 21 heavy (non-hydrogen) atoms. The first-order valence-electron chi connectivity index (χ1n) is 6.81. The number of carbonyl (C=O) groups is 1. The monoisotopic (exact) mass is 287 g/mol. The van der Waals surface area contributed by atoms with Crippen LogP contribution in [0.3, 0.4) is 0 Å². The second-order valence-electron chi connectivity index (χ2n) is 5.01. The third-order valence-corrected chi connectivity index (χ3v) is 3.66. The van der Waals surface area contributed by atoms with Crippen molar-refractivity contribution in [2.45, 2.75) is 25.4 Å². The molecule has 1 aromatic carbocycles. The summed E-state index contributed by atoms with van der Waals surface area (Å²) in [5.41, 5.74) is 8.05. The lowest BCUT2D eigenvalue weighted by atomic mass is 10.1. The highest BCUT2D eigenvalue weighted by molar-refractivity contribution is 5.92.